The summed E-state index contributed by atoms with van der Waals surface area (Å²) in [5, 5.41) is 12.2. The first-order chi connectivity index (χ1) is 10.7. The molecule has 1 aliphatic rings. The van der Waals surface area contributed by atoms with Crippen LogP contribution in [0.4, 0.5) is 0 Å². The van der Waals surface area contributed by atoms with Crippen LogP contribution in [0, 0.1) is 0 Å². The second kappa shape index (κ2) is 6.49. The highest BCUT2D eigenvalue weighted by Crippen LogP contribution is 2.30. The van der Waals surface area contributed by atoms with Gasteiger partial charge in [-0.3, -0.25) is 0 Å². The van der Waals surface area contributed by atoms with Crippen molar-refractivity contribution < 1.29 is 19.4 Å². The summed E-state index contributed by atoms with van der Waals surface area (Å²) in [6, 6.07) is 12.8. The average Bonchev–Trinajstić information content (AvgIpc) is 2.55. The molecule has 22 heavy (non-hydrogen) atoms. The van der Waals surface area contributed by atoms with Crippen molar-refractivity contribution in [3.05, 3.63) is 59.2 Å². The number of carboxylic acids is 1. The van der Waals surface area contributed by atoms with Crippen LogP contribution in [-0.2, 0) is 13.1 Å². The maximum Gasteiger partial charge on any atom is 0.335 e. The van der Waals surface area contributed by atoms with Gasteiger partial charge in [0.15, 0.2) is 11.5 Å². The number of carbonyl (C=O) groups is 1. The molecule has 2 aromatic carbocycles. The minimum absolute atomic E-state index is 0.301. The van der Waals surface area contributed by atoms with E-state index in [0.29, 0.717) is 31.9 Å². The first-order valence-electron chi connectivity index (χ1n) is 7.14. The summed E-state index contributed by atoms with van der Waals surface area (Å²) in [6.45, 7) is 2.56. The zero-order chi connectivity index (χ0) is 15.4. The molecule has 0 bridgehead atoms. The van der Waals surface area contributed by atoms with Crippen molar-refractivity contribution in [2.24, 2.45) is 0 Å². The maximum absolute atomic E-state index is 10.8. The van der Waals surface area contributed by atoms with Gasteiger partial charge in [-0.1, -0.05) is 18.2 Å². The van der Waals surface area contributed by atoms with Gasteiger partial charge < -0.3 is 19.9 Å². The summed E-state index contributed by atoms with van der Waals surface area (Å²) >= 11 is 0. The van der Waals surface area contributed by atoms with E-state index in [9.17, 15) is 4.79 Å². The molecule has 2 aromatic rings. The van der Waals surface area contributed by atoms with Crippen LogP contribution in [0.25, 0.3) is 0 Å². The van der Waals surface area contributed by atoms with Crippen LogP contribution in [0.15, 0.2) is 42.5 Å². The largest absolute Gasteiger partial charge is 0.486 e. The van der Waals surface area contributed by atoms with E-state index in [1.165, 1.54) is 0 Å². The van der Waals surface area contributed by atoms with Gasteiger partial charge in [0.25, 0.3) is 0 Å². The predicted octanol–water partition coefficient (Wildman–Crippen LogP) is 2.45. The number of benzene rings is 2. The molecule has 0 atom stereocenters. The number of aromatic carboxylic acids is 1. The van der Waals surface area contributed by atoms with Gasteiger partial charge in [0.2, 0.25) is 0 Å². The monoisotopic (exact) mass is 299 g/mol. The van der Waals surface area contributed by atoms with Crippen LogP contribution in [0.1, 0.15) is 21.5 Å². The number of nitrogens with one attached hydrogen (secondary N) is 1. The van der Waals surface area contributed by atoms with E-state index in [1.54, 1.807) is 12.1 Å². The van der Waals surface area contributed by atoms with Gasteiger partial charge in [-0.15, -0.1) is 0 Å². The number of hydrogen-bond donors (Lipinski definition) is 2. The highest BCUT2D eigenvalue weighted by molar-refractivity contribution is 5.87. The standard InChI is InChI=1S/C17H17NO4/c19-17(20)14-4-1-12(2-5-14)10-18-11-13-3-6-15-16(9-13)22-8-7-21-15/h1-6,9,18H,7-8,10-11H2,(H,19,20). The number of carboxylic acid groups (broad SMARTS) is 1. The van der Waals surface area contributed by atoms with Crippen LogP contribution in [0.3, 0.4) is 0 Å². The van der Waals surface area contributed by atoms with E-state index in [2.05, 4.69) is 5.32 Å². The Hall–Kier alpha value is -2.53. The Kier molecular flexibility index (Phi) is 4.25. The van der Waals surface area contributed by atoms with Crippen LogP contribution in [0.2, 0.25) is 0 Å². The summed E-state index contributed by atoms with van der Waals surface area (Å²) in [5.74, 6) is 0.673. The van der Waals surface area contributed by atoms with E-state index in [1.807, 2.05) is 30.3 Å². The summed E-state index contributed by atoms with van der Waals surface area (Å²) < 4.78 is 11.0. The highest BCUT2D eigenvalue weighted by atomic mass is 16.6. The van der Waals surface area contributed by atoms with Crippen LogP contribution < -0.4 is 14.8 Å². The second-order valence-corrected chi connectivity index (χ2v) is 5.08. The Labute approximate surface area is 128 Å². The Morgan fingerprint density at radius 2 is 1.59 bits per heavy atom. The molecule has 1 heterocycles. The van der Waals surface area contributed by atoms with Gasteiger partial charge in [-0.25, -0.2) is 4.79 Å². The lowest BCUT2D eigenvalue weighted by molar-refractivity contribution is 0.0697. The molecule has 5 heteroatoms. The predicted molar refractivity (Wildman–Crippen MR) is 81.4 cm³/mol. The fourth-order valence-corrected chi connectivity index (χ4v) is 2.31. The van der Waals surface area contributed by atoms with E-state index < -0.39 is 5.97 Å². The fourth-order valence-electron chi connectivity index (χ4n) is 2.31. The van der Waals surface area contributed by atoms with Gasteiger partial charge in [-0.05, 0) is 35.4 Å². The molecule has 0 saturated carbocycles. The van der Waals surface area contributed by atoms with Gasteiger partial charge >= 0.3 is 5.97 Å². The number of rotatable bonds is 5. The molecule has 0 unspecified atom stereocenters. The van der Waals surface area contributed by atoms with Gasteiger partial charge in [0.1, 0.15) is 13.2 Å². The molecule has 0 radical (unpaired) electrons. The lowest BCUT2D eigenvalue weighted by Crippen LogP contribution is -2.16. The van der Waals surface area contributed by atoms with Crippen molar-refractivity contribution in [2.45, 2.75) is 13.1 Å². The van der Waals surface area contributed by atoms with Gasteiger partial charge in [-0.2, -0.15) is 0 Å². The van der Waals surface area contributed by atoms with Crippen molar-refractivity contribution in [3.63, 3.8) is 0 Å². The topological polar surface area (TPSA) is 67.8 Å². The zero-order valence-electron chi connectivity index (χ0n) is 12.0. The molecule has 5 nitrogen and oxygen atoms in total. The Morgan fingerprint density at radius 1 is 0.955 bits per heavy atom. The normalized spacial score (nSPS) is 12.9. The number of fused-ring (bicyclic) bond motifs is 1. The lowest BCUT2D eigenvalue weighted by atomic mass is 10.1. The molecular weight excluding hydrogens is 282 g/mol. The van der Waals surface area contributed by atoms with Crippen LogP contribution in [-0.4, -0.2) is 24.3 Å². The Balaban J connectivity index is 1.55. The number of hydrogen-bond acceptors (Lipinski definition) is 4. The average molecular weight is 299 g/mol. The van der Waals surface area contributed by atoms with Crippen LogP contribution in [0.5, 0.6) is 11.5 Å². The lowest BCUT2D eigenvalue weighted by Gasteiger charge is -2.19. The maximum atomic E-state index is 10.8. The summed E-state index contributed by atoms with van der Waals surface area (Å²) in [7, 11) is 0. The van der Waals surface area contributed by atoms with E-state index in [-0.39, 0.29) is 0 Å². The number of ether oxygens (including phenoxy) is 2. The highest BCUT2D eigenvalue weighted by Gasteiger charge is 2.11. The third-order valence-electron chi connectivity index (χ3n) is 3.47. The van der Waals surface area contributed by atoms with Crippen molar-refractivity contribution in [1.82, 2.24) is 5.32 Å². The Bertz CT molecular complexity index is 667. The molecule has 114 valence electrons. The van der Waals surface area contributed by atoms with E-state index in [0.717, 1.165) is 22.6 Å². The molecule has 0 amide bonds. The van der Waals surface area contributed by atoms with Gasteiger partial charge in [0.05, 0.1) is 5.56 Å². The minimum Gasteiger partial charge on any atom is -0.486 e. The first kappa shape index (κ1) is 14.4. The smallest absolute Gasteiger partial charge is 0.335 e. The first-order valence-corrected chi connectivity index (χ1v) is 7.14. The second-order valence-electron chi connectivity index (χ2n) is 5.08. The minimum atomic E-state index is -0.907. The molecule has 0 fully saturated rings. The molecular formula is C17H17NO4. The Morgan fingerprint density at radius 3 is 2.32 bits per heavy atom. The van der Waals surface area contributed by atoms with Gasteiger partial charge in [0, 0.05) is 13.1 Å². The third kappa shape index (κ3) is 3.38. The molecule has 1 aliphatic heterocycles. The quantitative estimate of drug-likeness (QED) is 0.887. The van der Waals surface area contributed by atoms with E-state index in [4.69, 9.17) is 14.6 Å². The van der Waals surface area contributed by atoms with Crippen molar-refractivity contribution in [1.29, 1.82) is 0 Å². The third-order valence-corrected chi connectivity index (χ3v) is 3.47. The zero-order valence-corrected chi connectivity index (χ0v) is 12.0. The summed E-state index contributed by atoms with van der Waals surface area (Å²) in [6.07, 6.45) is 0. The van der Waals surface area contributed by atoms with E-state index >= 15 is 0 Å². The molecule has 2 N–H and O–H groups in total. The van der Waals surface area contributed by atoms with Crippen molar-refractivity contribution in [3.8, 4) is 11.5 Å². The van der Waals surface area contributed by atoms with Crippen LogP contribution >= 0.6 is 0 Å². The van der Waals surface area contributed by atoms with Crippen molar-refractivity contribution >= 4 is 5.97 Å². The molecule has 0 saturated heterocycles. The SMILES string of the molecule is O=C(O)c1ccc(CNCc2ccc3c(c2)OCCO3)cc1. The van der Waals surface area contributed by atoms with Crippen molar-refractivity contribution in [2.75, 3.05) is 13.2 Å². The molecule has 0 spiro atoms. The fraction of sp³-hybridized carbons (Fsp3) is 0.235. The summed E-state index contributed by atoms with van der Waals surface area (Å²) in [4.78, 5) is 10.8. The molecule has 0 aliphatic carbocycles. The summed E-state index contributed by atoms with van der Waals surface area (Å²) in [5.41, 5.74) is 2.46. The molecule has 0 aromatic heterocycles. The molecule has 3 rings (SSSR count).